The maximum atomic E-state index is 3.58. The Morgan fingerprint density at radius 1 is 1.33 bits per heavy atom. The molecule has 2 heteroatoms. The average Bonchev–Trinajstić information content (AvgIpc) is 2.79. The molecule has 0 spiro atoms. The Morgan fingerprint density at radius 3 is 2.58 bits per heavy atom. The summed E-state index contributed by atoms with van der Waals surface area (Å²) in [5.74, 6) is 0. The summed E-state index contributed by atoms with van der Waals surface area (Å²) in [4.78, 5) is 2.56. The van der Waals surface area contributed by atoms with Crippen LogP contribution in [-0.4, -0.2) is 36.6 Å². The van der Waals surface area contributed by atoms with Crippen LogP contribution in [0.3, 0.4) is 0 Å². The van der Waals surface area contributed by atoms with Gasteiger partial charge >= 0.3 is 0 Å². The lowest BCUT2D eigenvalue weighted by atomic mass is 10.1. The van der Waals surface area contributed by atoms with Crippen LogP contribution in [0, 0.1) is 0 Å². The largest absolute Gasteiger partial charge is 0.312 e. The Hall–Kier alpha value is -0.0800. The zero-order chi connectivity index (χ0) is 8.55. The first-order chi connectivity index (χ1) is 5.79. The van der Waals surface area contributed by atoms with E-state index in [9.17, 15) is 0 Å². The van der Waals surface area contributed by atoms with Crippen molar-refractivity contribution in [2.45, 2.75) is 50.7 Å². The average molecular weight is 168 g/mol. The molecule has 12 heavy (non-hydrogen) atoms. The van der Waals surface area contributed by atoms with Crippen molar-refractivity contribution in [2.75, 3.05) is 13.6 Å². The molecule has 0 bridgehead atoms. The van der Waals surface area contributed by atoms with Gasteiger partial charge in [-0.2, -0.15) is 0 Å². The highest BCUT2D eigenvalue weighted by molar-refractivity contribution is 4.91. The van der Waals surface area contributed by atoms with Crippen molar-refractivity contribution in [3.05, 3.63) is 0 Å². The van der Waals surface area contributed by atoms with Crippen molar-refractivity contribution < 1.29 is 0 Å². The van der Waals surface area contributed by atoms with Crippen molar-refractivity contribution in [1.29, 1.82) is 0 Å². The maximum absolute atomic E-state index is 3.58. The van der Waals surface area contributed by atoms with Gasteiger partial charge in [0.2, 0.25) is 0 Å². The van der Waals surface area contributed by atoms with Crippen LogP contribution in [0.5, 0.6) is 0 Å². The molecule has 0 amide bonds. The van der Waals surface area contributed by atoms with Gasteiger partial charge in [0.1, 0.15) is 0 Å². The Morgan fingerprint density at radius 2 is 2.08 bits per heavy atom. The second-order valence-corrected chi connectivity index (χ2v) is 4.34. The van der Waals surface area contributed by atoms with Gasteiger partial charge in [-0.25, -0.2) is 0 Å². The molecule has 2 rings (SSSR count). The molecule has 0 aromatic rings. The van der Waals surface area contributed by atoms with Crippen molar-refractivity contribution in [2.24, 2.45) is 0 Å². The molecule has 0 aromatic carbocycles. The van der Waals surface area contributed by atoms with E-state index in [1.54, 1.807) is 0 Å². The van der Waals surface area contributed by atoms with Gasteiger partial charge in [-0.1, -0.05) is 0 Å². The summed E-state index contributed by atoms with van der Waals surface area (Å²) in [6.45, 7) is 3.59. The van der Waals surface area contributed by atoms with E-state index < -0.39 is 0 Å². The van der Waals surface area contributed by atoms with Gasteiger partial charge in [-0.05, 0) is 46.2 Å². The highest BCUT2D eigenvalue weighted by Gasteiger charge is 2.33. The quantitative estimate of drug-likeness (QED) is 0.681. The standard InChI is InChI=1S/C10H20N2/c1-8(10-4-3-7-11-10)12(2)9-5-6-9/h8-11H,3-7H2,1-2H3. The van der Waals surface area contributed by atoms with Crippen LogP contribution in [0.15, 0.2) is 0 Å². The zero-order valence-corrected chi connectivity index (χ0v) is 8.21. The number of rotatable bonds is 3. The molecule has 2 nitrogen and oxygen atoms in total. The van der Waals surface area contributed by atoms with E-state index in [-0.39, 0.29) is 0 Å². The molecule has 1 aliphatic carbocycles. The minimum Gasteiger partial charge on any atom is -0.312 e. The van der Waals surface area contributed by atoms with Crippen LogP contribution >= 0.6 is 0 Å². The Labute approximate surface area is 75.3 Å². The summed E-state index contributed by atoms with van der Waals surface area (Å²) < 4.78 is 0. The van der Waals surface area contributed by atoms with E-state index in [0.29, 0.717) is 0 Å². The predicted octanol–water partition coefficient (Wildman–Crippen LogP) is 1.22. The van der Waals surface area contributed by atoms with Gasteiger partial charge in [0, 0.05) is 18.1 Å². The second-order valence-electron chi connectivity index (χ2n) is 4.34. The maximum Gasteiger partial charge on any atom is 0.0221 e. The molecule has 70 valence electrons. The van der Waals surface area contributed by atoms with E-state index >= 15 is 0 Å². The third-order valence-corrected chi connectivity index (χ3v) is 3.45. The minimum absolute atomic E-state index is 0.736. The molecule has 0 radical (unpaired) electrons. The van der Waals surface area contributed by atoms with E-state index in [1.807, 2.05) is 0 Å². The molecule has 1 saturated heterocycles. The van der Waals surface area contributed by atoms with Crippen LogP contribution in [0.1, 0.15) is 32.6 Å². The number of nitrogens with one attached hydrogen (secondary N) is 1. The Balaban J connectivity index is 1.84. The van der Waals surface area contributed by atoms with Crippen molar-refractivity contribution in [1.82, 2.24) is 10.2 Å². The molecule has 1 N–H and O–H groups in total. The lowest BCUT2D eigenvalue weighted by Crippen LogP contribution is -2.44. The van der Waals surface area contributed by atoms with Crippen LogP contribution < -0.4 is 5.32 Å². The van der Waals surface area contributed by atoms with Crippen LogP contribution in [0.25, 0.3) is 0 Å². The van der Waals surface area contributed by atoms with Crippen LogP contribution in [-0.2, 0) is 0 Å². The first kappa shape index (κ1) is 8.52. The first-order valence-electron chi connectivity index (χ1n) is 5.24. The predicted molar refractivity (Wildman–Crippen MR) is 51.3 cm³/mol. The molecular weight excluding hydrogens is 148 g/mol. The molecule has 1 saturated carbocycles. The molecule has 2 unspecified atom stereocenters. The topological polar surface area (TPSA) is 15.3 Å². The van der Waals surface area contributed by atoms with Crippen LogP contribution in [0.2, 0.25) is 0 Å². The second kappa shape index (κ2) is 3.35. The lowest BCUT2D eigenvalue weighted by Gasteiger charge is -2.29. The highest BCUT2D eigenvalue weighted by atomic mass is 15.2. The number of likely N-dealkylation sites (N-methyl/N-ethyl adjacent to an activating group) is 1. The first-order valence-corrected chi connectivity index (χ1v) is 5.24. The monoisotopic (exact) mass is 168 g/mol. The van der Waals surface area contributed by atoms with E-state index in [0.717, 1.165) is 18.1 Å². The third-order valence-electron chi connectivity index (χ3n) is 3.45. The Bertz CT molecular complexity index is 146. The van der Waals surface area contributed by atoms with Gasteiger partial charge in [0.05, 0.1) is 0 Å². The molecule has 1 aliphatic heterocycles. The van der Waals surface area contributed by atoms with Crippen molar-refractivity contribution >= 4 is 0 Å². The summed E-state index contributed by atoms with van der Waals surface area (Å²) >= 11 is 0. The van der Waals surface area contributed by atoms with E-state index in [1.165, 1.54) is 32.2 Å². The normalized spacial score (nSPS) is 32.8. The Kier molecular flexibility index (Phi) is 2.37. The summed E-state index contributed by atoms with van der Waals surface area (Å²) in [5.41, 5.74) is 0. The fraction of sp³-hybridized carbons (Fsp3) is 1.00. The van der Waals surface area contributed by atoms with E-state index in [2.05, 4.69) is 24.2 Å². The third kappa shape index (κ3) is 1.64. The molecular formula is C10H20N2. The molecule has 2 atom stereocenters. The fourth-order valence-electron chi connectivity index (χ4n) is 2.22. The van der Waals surface area contributed by atoms with Gasteiger partial charge in [0.25, 0.3) is 0 Å². The highest BCUT2D eigenvalue weighted by Crippen LogP contribution is 2.28. The van der Waals surface area contributed by atoms with Crippen LogP contribution in [0.4, 0.5) is 0 Å². The summed E-state index contributed by atoms with van der Waals surface area (Å²) in [7, 11) is 2.28. The number of hydrogen-bond donors (Lipinski definition) is 1. The molecule has 2 aliphatic rings. The SMILES string of the molecule is CC(C1CCCN1)N(C)C1CC1. The fourth-order valence-corrected chi connectivity index (χ4v) is 2.22. The van der Waals surface area contributed by atoms with Gasteiger partial charge < -0.3 is 5.32 Å². The van der Waals surface area contributed by atoms with Crippen molar-refractivity contribution in [3.8, 4) is 0 Å². The van der Waals surface area contributed by atoms with E-state index in [4.69, 9.17) is 0 Å². The molecule has 1 heterocycles. The summed E-state index contributed by atoms with van der Waals surface area (Å²) in [5, 5.41) is 3.58. The number of hydrogen-bond acceptors (Lipinski definition) is 2. The zero-order valence-electron chi connectivity index (χ0n) is 8.21. The number of nitrogens with zero attached hydrogens (tertiary/aromatic N) is 1. The summed E-state index contributed by atoms with van der Waals surface area (Å²) in [6.07, 6.45) is 5.59. The minimum atomic E-state index is 0.736. The lowest BCUT2D eigenvalue weighted by molar-refractivity contribution is 0.207. The molecule has 0 aromatic heterocycles. The van der Waals surface area contributed by atoms with Gasteiger partial charge in [-0.15, -0.1) is 0 Å². The smallest absolute Gasteiger partial charge is 0.0221 e. The van der Waals surface area contributed by atoms with Gasteiger partial charge in [-0.3, -0.25) is 4.90 Å². The van der Waals surface area contributed by atoms with Gasteiger partial charge in [0.15, 0.2) is 0 Å². The summed E-state index contributed by atoms with van der Waals surface area (Å²) in [6, 6.07) is 2.40. The molecule has 2 fully saturated rings. The van der Waals surface area contributed by atoms with Crippen molar-refractivity contribution in [3.63, 3.8) is 0 Å².